The third-order valence-corrected chi connectivity index (χ3v) is 2.20. The van der Waals surface area contributed by atoms with Crippen molar-refractivity contribution in [1.29, 1.82) is 0 Å². The predicted octanol–water partition coefficient (Wildman–Crippen LogP) is 1.93. The SMILES string of the molecule is CCc1c[nH]c(C(=O)OC)c1CC. The number of aromatic nitrogens is 1. The maximum absolute atomic E-state index is 11.3. The van der Waals surface area contributed by atoms with Crippen molar-refractivity contribution in [3.05, 3.63) is 23.0 Å². The van der Waals surface area contributed by atoms with Crippen LogP contribution in [0.1, 0.15) is 35.5 Å². The van der Waals surface area contributed by atoms with Crippen molar-refractivity contribution in [3.8, 4) is 0 Å². The van der Waals surface area contributed by atoms with Gasteiger partial charge in [0.2, 0.25) is 0 Å². The second-order valence-electron chi connectivity index (χ2n) is 2.87. The fourth-order valence-corrected chi connectivity index (χ4v) is 1.50. The zero-order valence-electron chi connectivity index (χ0n) is 8.31. The zero-order valence-corrected chi connectivity index (χ0v) is 8.31. The molecule has 0 saturated carbocycles. The lowest BCUT2D eigenvalue weighted by atomic mass is 10.1. The van der Waals surface area contributed by atoms with Gasteiger partial charge in [-0.15, -0.1) is 0 Å². The Morgan fingerprint density at radius 2 is 2.15 bits per heavy atom. The molecule has 0 spiro atoms. The molecule has 1 aromatic rings. The van der Waals surface area contributed by atoms with Gasteiger partial charge < -0.3 is 9.72 Å². The molecule has 13 heavy (non-hydrogen) atoms. The van der Waals surface area contributed by atoms with Gasteiger partial charge in [-0.3, -0.25) is 0 Å². The number of nitrogens with one attached hydrogen (secondary N) is 1. The van der Waals surface area contributed by atoms with Crippen LogP contribution in [0.4, 0.5) is 0 Å². The monoisotopic (exact) mass is 181 g/mol. The van der Waals surface area contributed by atoms with E-state index >= 15 is 0 Å². The van der Waals surface area contributed by atoms with E-state index in [1.54, 1.807) is 0 Å². The second-order valence-corrected chi connectivity index (χ2v) is 2.87. The van der Waals surface area contributed by atoms with Crippen LogP contribution >= 0.6 is 0 Å². The number of carbonyl (C=O) groups is 1. The number of hydrogen-bond donors (Lipinski definition) is 1. The molecule has 0 atom stereocenters. The van der Waals surface area contributed by atoms with Gasteiger partial charge in [0.15, 0.2) is 0 Å². The van der Waals surface area contributed by atoms with Crippen LogP contribution in [0.3, 0.4) is 0 Å². The van der Waals surface area contributed by atoms with Gasteiger partial charge in [-0.2, -0.15) is 0 Å². The average Bonchev–Trinajstić information content (AvgIpc) is 2.58. The highest BCUT2D eigenvalue weighted by atomic mass is 16.5. The van der Waals surface area contributed by atoms with Crippen LogP contribution in [-0.4, -0.2) is 18.1 Å². The van der Waals surface area contributed by atoms with Crippen molar-refractivity contribution in [2.45, 2.75) is 26.7 Å². The Labute approximate surface area is 78.1 Å². The Kier molecular flexibility index (Phi) is 3.12. The summed E-state index contributed by atoms with van der Waals surface area (Å²) < 4.78 is 4.67. The molecule has 1 aromatic heterocycles. The van der Waals surface area contributed by atoms with Crippen LogP contribution in [0.25, 0.3) is 0 Å². The third kappa shape index (κ3) is 1.74. The van der Waals surface area contributed by atoms with Crippen molar-refractivity contribution in [3.63, 3.8) is 0 Å². The molecule has 72 valence electrons. The minimum absolute atomic E-state index is 0.281. The van der Waals surface area contributed by atoms with Crippen LogP contribution in [0, 0.1) is 0 Å². The van der Waals surface area contributed by atoms with E-state index in [1.807, 2.05) is 13.1 Å². The Balaban J connectivity index is 3.07. The number of hydrogen-bond acceptors (Lipinski definition) is 2. The normalized spacial score (nSPS) is 10.1. The molecule has 0 amide bonds. The van der Waals surface area contributed by atoms with Crippen LogP contribution in [0.15, 0.2) is 6.20 Å². The summed E-state index contributed by atoms with van der Waals surface area (Å²) in [5.74, 6) is -0.281. The summed E-state index contributed by atoms with van der Waals surface area (Å²) in [5, 5.41) is 0. The molecule has 0 fully saturated rings. The summed E-state index contributed by atoms with van der Waals surface area (Å²) in [4.78, 5) is 14.2. The van der Waals surface area contributed by atoms with E-state index in [-0.39, 0.29) is 5.97 Å². The molecule has 1 heterocycles. The van der Waals surface area contributed by atoms with Crippen molar-refractivity contribution in [1.82, 2.24) is 4.98 Å². The molecule has 0 aromatic carbocycles. The lowest BCUT2D eigenvalue weighted by Gasteiger charge is -2.01. The van der Waals surface area contributed by atoms with Crippen LogP contribution in [0.5, 0.6) is 0 Å². The first kappa shape index (κ1) is 9.84. The summed E-state index contributed by atoms with van der Waals surface area (Å²) in [6.07, 6.45) is 3.68. The van der Waals surface area contributed by atoms with Crippen LogP contribution < -0.4 is 0 Å². The van der Waals surface area contributed by atoms with Gasteiger partial charge in [-0.1, -0.05) is 13.8 Å². The molecule has 0 unspecified atom stereocenters. The molecule has 0 radical (unpaired) electrons. The van der Waals surface area contributed by atoms with Gasteiger partial charge in [-0.05, 0) is 24.0 Å². The second kappa shape index (κ2) is 4.12. The number of aromatic amines is 1. The number of methoxy groups -OCH3 is 1. The summed E-state index contributed by atoms with van der Waals surface area (Å²) in [6.45, 7) is 4.11. The van der Waals surface area contributed by atoms with Crippen molar-refractivity contribution < 1.29 is 9.53 Å². The van der Waals surface area contributed by atoms with Gasteiger partial charge in [0.25, 0.3) is 0 Å². The van der Waals surface area contributed by atoms with Crippen LogP contribution in [0.2, 0.25) is 0 Å². The predicted molar refractivity (Wildman–Crippen MR) is 50.9 cm³/mol. The molecular formula is C10H15NO2. The van der Waals surface area contributed by atoms with E-state index < -0.39 is 0 Å². The van der Waals surface area contributed by atoms with E-state index in [4.69, 9.17) is 0 Å². The quantitative estimate of drug-likeness (QED) is 0.724. The number of aryl methyl sites for hydroxylation is 1. The van der Waals surface area contributed by atoms with E-state index in [1.165, 1.54) is 12.7 Å². The highest BCUT2D eigenvalue weighted by molar-refractivity contribution is 5.89. The molecule has 0 aliphatic rings. The molecule has 1 rings (SSSR count). The molecular weight excluding hydrogens is 166 g/mol. The fourth-order valence-electron chi connectivity index (χ4n) is 1.50. The smallest absolute Gasteiger partial charge is 0.354 e. The van der Waals surface area contributed by atoms with Gasteiger partial charge in [-0.25, -0.2) is 4.79 Å². The first-order chi connectivity index (χ1) is 6.24. The molecule has 0 bridgehead atoms. The largest absolute Gasteiger partial charge is 0.464 e. The van der Waals surface area contributed by atoms with Crippen molar-refractivity contribution in [2.75, 3.05) is 7.11 Å². The minimum atomic E-state index is -0.281. The third-order valence-electron chi connectivity index (χ3n) is 2.20. The summed E-state index contributed by atoms with van der Waals surface area (Å²) >= 11 is 0. The highest BCUT2D eigenvalue weighted by Crippen LogP contribution is 2.16. The molecule has 0 aliphatic heterocycles. The first-order valence-corrected chi connectivity index (χ1v) is 4.52. The van der Waals surface area contributed by atoms with Gasteiger partial charge in [0.1, 0.15) is 5.69 Å². The maximum atomic E-state index is 11.3. The van der Waals surface area contributed by atoms with Gasteiger partial charge in [0, 0.05) is 6.20 Å². The fraction of sp³-hybridized carbons (Fsp3) is 0.500. The Morgan fingerprint density at radius 1 is 1.46 bits per heavy atom. The standard InChI is InChI=1S/C10H15NO2/c1-4-7-6-11-9(8(7)5-2)10(12)13-3/h6,11H,4-5H2,1-3H3. The van der Waals surface area contributed by atoms with Gasteiger partial charge in [0.05, 0.1) is 7.11 Å². The number of carbonyl (C=O) groups excluding carboxylic acids is 1. The van der Waals surface area contributed by atoms with Crippen molar-refractivity contribution in [2.24, 2.45) is 0 Å². The van der Waals surface area contributed by atoms with E-state index in [2.05, 4.69) is 16.6 Å². The van der Waals surface area contributed by atoms with E-state index in [9.17, 15) is 4.79 Å². The Morgan fingerprint density at radius 3 is 2.62 bits per heavy atom. The molecule has 1 N–H and O–H groups in total. The Hall–Kier alpha value is -1.25. The van der Waals surface area contributed by atoms with E-state index in [0.29, 0.717) is 5.69 Å². The van der Waals surface area contributed by atoms with Crippen LogP contribution in [-0.2, 0) is 17.6 Å². The average molecular weight is 181 g/mol. The maximum Gasteiger partial charge on any atom is 0.354 e. The van der Waals surface area contributed by atoms with Crippen molar-refractivity contribution >= 4 is 5.97 Å². The molecule has 0 saturated heterocycles. The van der Waals surface area contributed by atoms with Gasteiger partial charge >= 0.3 is 5.97 Å². The topological polar surface area (TPSA) is 42.1 Å². The molecule has 3 heteroatoms. The number of ether oxygens (including phenoxy) is 1. The van der Waals surface area contributed by atoms with E-state index in [0.717, 1.165) is 18.4 Å². The molecule has 3 nitrogen and oxygen atoms in total. The lowest BCUT2D eigenvalue weighted by Crippen LogP contribution is -2.05. The lowest BCUT2D eigenvalue weighted by molar-refractivity contribution is 0.0593. The molecule has 0 aliphatic carbocycles. The minimum Gasteiger partial charge on any atom is -0.464 e. The number of H-pyrrole nitrogens is 1. The zero-order chi connectivity index (χ0) is 9.84. The summed E-state index contributed by atoms with van der Waals surface area (Å²) in [7, 11) is 1.40. The number of esters is 1. The highest BCUT2D eigenvalue weighted by Gasteiger charge is 2.14. The first-order valence-electron chi connectivity index (χ1n) is 4.52. The summed E-state index contributed by atoms with van der Waals surface area (Å²) in [5.41, 5.74) is 2.87. The summed E-state index contributed by atoms with van der Waals surface area (Å²) in [6, 6.07) is 0. The number of rotatable bonds is 3. The Bertz CT molecular complexity index is 302.